The third kappa shape index (κ3) is 12.9. The predicted molar refractivity (Wildman–Crippen MR) is 193 cm³/mol. The molecule has 11 nitrogen and oxygen atoms in total. The van der Waals surface area contributed by atoms with Crippen molar-refractivity contribution in [2.45, 2.75) is 82.5 Å². The highest BCUT2D eigenvalue weighted by molar-refractivity contribution is 6.28. The molecular formula is C37H39Cl2F6N5O6. The molecule has 0 aliphatic heterocycles. The molecule has 0 bridgehead atoms. The molecule has 0 saturated heterocycles. The fourth-order valence-corrected chi connectivity index (χ4v) is 5.98. The van der Waals surface area contributed by atoms with Gasteiger partial charge in [0.15, 0.2) is 0 Å². The van der Waals surface area contributed by atoms with Gasteiger partial charge < -0.3 is 24.7 Å². The summed E-state index contributed by atoms with van der Waals surface area (Å²) in [4.78, 5) is 38.4. The van der Waals surface area contributed by atoms with E-state index in [-0.39, 0.29) is 41.4 Å². The van der Waals surface area contributed by atoms with Gasteiger partial charge in [-0.25, -0.2) is 29.5 Å². The Morgan fingerprint density at radius 2 is 1.11 bits per heavy atom. The molecule has 19 heteroatoms. The first-order chi connectivity index (χ1) is 26.0. The molecule has 0 radical (unpaired) electrons. The van der Waals surface area contributed by atoms with Crippen LogP contribution in [0.2, 0.25) is 5.28 Å². The predicted octanol–water partition coefficient (Wildman–Crippen LogP) is 8.87. The van der Waals surface area contributed by atoms with Crippen LogP contribution in [0, 0.1) is 0 Å². The molecule has 304 valence electrons. The topological polar surface area (TPSA) is 149 Å². The molecule has 0 spiro atoms. The Kier molecular flexibility index (Phi) is 16.2. The van der Waals surface area contributed by atoms with Gasteiger partial charge >= 0.3 is 24.7 Å². The second-order valence-electron chi connectivity index (χ2n) is 12.5. The zero-order valence-corrected chi connectivity index (χ0v) is 31.7. The van der Waals surface area contributed by atoms with E-state index in [9.17, 15) is 35.9 Å². The summed E-state index contributed by atoms with van der Waals surface area (Å²) in [6, 6.07) is 12.3. The number of para-hydroxylation sites is 2. The van der Waals surface area contributed by atoms with Crippen molar-refractivity contribution in [3.63, 3.8) is 0 Å². The molecule has 2 N–H and O–H groups in total. The lowest BCUT2D eigenvalue weighted by Crippen LogP contribution is -2.43. The minimum Gasteiger partial charge on any atom is -0.462 e. The second kappa shape index (κ2) is 19.9. The number of alkyl halides is 6. The van der Waals surface area contributed by atoms with Crippen molar-refractivity contribution in [3.05, 3.63) is 107 Å². The Balaban J connectivity index is 0.000000246. The molecule has 2 aliphatic rings. The number of halogens is 8. The zero-order chi connectivity index (χ0) is 40.3. The van der Waals surface area contributed by atoms with Crippen LogP contribution in [-0.4, -0.2) is 57.8 Å². The van der Waals surface area contributed by atoms with Gasteiger partial charge in [0.25, 0.3) is 0 Å². The molecular weight excluding hydrogens is 795 g/mol. The molecule has 2 aliphatic carbocycles. The van der Waals surface area contributed by atoms with E-state index in [1.54, 1.807) is 38.1 Å². The normalized spacial score (nSPS) is 15.0. The van der Waals surface area contributed by atoms with Crippen LogP contribution in [-0.2, 0) is 26.8 Å². The van der Waals surface area contributed by atoms with Crippen LogP contribution in [0.3, 0.4) is 0 Å². The summed E-state index contributed by atoms with van der Waals surface area (Å²) in [6.07, 6.45) is 1.04. The number of hydrogen-bond donors (Lipinski definition) is 1. The van der Waals surface area contributed by atoms with Gasteiger partial charge in [0, 0.05) is 53.3 Å². The zero-order valence-electron chi connectivity index (χ0n) is 30.2. The molecule has 6 rings (SSSR count). The second-order valence-corrected chi connectivity index (χ2v) is 12.8. The van der Waals surface area contributed by atoms with Gasteiger partial charge in [-0.2, -0.15) is 0 Å². The lowest BCUT2D eigenvalue weighted by molar-refractivity contribution is -0.276. The van der Waals surface area contributed by atoms with Crippen molar-refractivity contribution >= 4 is 35.9 Å². The monoisotopic (exact) mass is 833 g/mol. The minimum absolute atomic E-state index is 0. The largest absolute Gasteiger partial charge is 0.573 e. The maximum atomic E-state index is 12.8. The van der Waals surface area contributed by atoms with E-state index in [1.165, 1.54) is 49.1 Å². The number of benzene rings is 2. The highest BCUT2D eigenvalue weighted by atomic mass is 35.5. The van der Waals surface area contributed by atoms with Crippen LogP contribution < -0.4 is 15.2 Å². The minimum atomic E-state index is -4.75. The molecule has 0 unspecified atom stereocenters. The van der Waals surface area contributed by atoms with Crippen LogP contribution in [0.1, 0.15) is 90.0 Å². The van der Waals surface area contributed by atoms with E-state index in [4.69, 9.17) is 26.8 Å². The molecule has 2 aromatic carbocycles. The van der Waals surface area contributed by atoms with Gasteiger partial charge in [-0.15, -0.1) is 38.7 Å². The number of carbonyl (C=O) groups is 2. The Morgan fingerprint density at radius 3 is 1.50 bits per heavy atom. The molecule has 2 heterocycles. The number of rotatable bonds is 10. The van der Waals surface area contributed by atoms with Crippen molar-refractivity contribution in [2.75, 3.05) is 13.2 Å². The van der Waals surface area contributed by atoms with Crippen LogP contribution in [0.25, 0.3) is 0 Å². The molecule has 2 fully saturated rings. The van der Waals surface area contributed by atoms with Crippen LogP contribution >= 0.6 is 24.0 Å². The summed E-state index contributed by atoms with van der Waals surface area (Å²) in [5.41, 5.74) is 6.33. The van der Waals surface area contributed by atoms with Gasteiger partial charge in [-0.05, 0) is 69.7 Å². The van der Waals surface area contributed by atoms with E-state index < -0.39 is 35.6 Å². The molecule has 0 atom stereocenters. The lowest BCUT2D eigenvalue weighted by atomic mass is 9.62. The first-order valence-electron chi connectivity index (χ1n) is 17.1. The molecule has 2 aromatic heterocycles. The maximum absolute atomic E-state index is 12.8. The van der Waals surface area contributed by atoms with Crippen molar-refractivity contribution in [1.82, 2.24) is 19.9 Å². The first-order valence-corrected chi connectivity index (χ1v) is 17.5. The Labute approximate surface area is 329 Å². The van der Waals surface area contributed by atoms with E-state index in [0.29, 0.717) is 61.2 Å². The van der Waals surface area contributed by atoms with E-state index >= 15 is 0 Å². The van der Waals surface area contributed by atoms with Gasteiger partial charge in [0.1, 0.15) is 17.3 Å². The molecule has 2 saturated carbocycles. The number of carbonyl (C=O) groups excluding carboxylic acids is 2. The smallest absolute Gasteiger partial charge is 0.462 e. The molecule has 0 amide bonds. The van der Waals surface area contributed by atoms with E-state index in [1.807, 2.05) is 0 Å². The summed E-state index contributed by atoms with van der Waals surface area (Å²) in [7, 11) is 0. The van der Waals surface area contributed by atoms with Gasteiger partial charge in [-0.3, -0.25) is 0 Å². The Hall–Kier alpha value is -4.74. The van der Waals surface area contributed by atoms with E-state index in [2.05, 4.69) is 29.4 Å². The quantitative estimate of drug-likeness (QED) is 0.0928. The van der Waals surface area contributed by atoms with Crippen LogP contribution in [0.5, 0.6) is 11.5 Å². The van der Waals surface area contributed by atoms with Gasteiger partial charge in [-0.1, -0.05) is 42.8 Å². The first kappa shape index (κ1) is 45.6. The fourth-order valence-electron chi connectivity index (χ4n) is 5.88. The fraction of sp³-hybridized carbons (Fsp3) is 0.405. The Morgan fingerprint density at radius 1 is 0.696 bits per heavy atom. The summed E-state index contributed by atoms with van der Waals surface area (Å²) in [5, 5.41) is 0.114. The van der Waals surface area contributed by atoms with Crippen molar-refractivity contribution in [1.29, 1.82) is 0 Å². The summed E-state index contributed by atoms with van der Waals surface area (Å²) < 4.78 is 92.6. The van der Waals surface area contributed by atoms with Crippen LogP contribution in [0.4, 0.5) is 26.3 Å². The van der Waals surface area contributed by atoms with E-state index in [0.717, 1.165) is 12.8 Å². The number of ether oxygens (including phenoxy) is 4. The number of hydrogen-bond acceptors (Lipinski definition) is 11. The van der Waals surface area contributed by atoms with Crippen molar-refractivity contribution < 1.29 is 54.9 Å². The average molecular weight is 835 g/mol. The number of nitrogens with zero attached hydrogens (tertiary/aromatic N) is 4. The summed E-state index contributed by atoms with van der Waals surface area (Å²) in [5.74, 6) is -0.852. The van der Waals surface area contributed by atoms with Crippen molar-refractivity contribution in [2.24, 2.45) is 5.73 Å². The highest BCUT2D eigenvalue weighted by Gasteiger charge is 2.43. The lowest BCUT2D eigenvalue weighted by Gasteiger charge is -2.42. The Bertz CT molecular complexity index is 1880. The van der Waals surface area contributed by atoms with Crippen LogP contribution in [0.15, 0.2) is 73.3 Å². The number of esters is 2. The number of nitrogens with two attached hydrogens (primary N) is 1. The molecule has 56 heavy (non-hydrogen) atoms. The maximum Gasteiger partial charge on any atom is 0.573 e. The van der Waals surface area contributed by atoms with Gasteiger partial charge in [0.2, 0.25) is 5.28 Å². The van der Waals surface area contributed by atoms with Gasteiger partial charge in [0.05, 0.1) is 24.3 Å². The number of aromatic nitrogens is 4. The third-order valence-electron chi connectivity index (χ3n) is 8.73. The SMILES string of the molecule is CCOC(=O)c1cnc(CC2(c3ccccc3OC(F)(F)F)CCC2)nc1.CCOC(=O)c1cnc(Cl)nc1.Cl.NC1(c2ccccc2OC(F)(F)F)CCC1. The third-order valence-corrected chi connectivity index (χ3v) is 8.93. The van der Waals surface area contributed by atoms with Crippen molar-refractivity contribution in [3.8, 4) is 11.5 Å². The summed E-state index contributed by atoms with van der Waals surface area (Å²) in [6.45, 7) is 4.02. The highest BCUT2D eigenvalue weighted by Crippen LogP contribution is 2.49. The molecule has 4 aromatic rings. The standard InChI is InChI=1S/C19H19F3N2O3.C11H12F3NO.C7H7ClN2O2.ClH/c1-2-26-17(25)13-11-23-16(24-12-13)10-18(8-5-9-18)14-6-3-4-7-15(14)27-19(20,21)22;12-11(13,14)16-9-5-2-1-4-8(9)10(15)6-3-7-10;1-2-12-6(11)5-3-9-7(8)10-4-5;/h3-4,6-7,11-12H,2,5,8-10H2,1H3;1-2,4-5H,3,6-7,15H2;3-4H,2H2,1H3;1H. The summed E-state index contributed by atoms with van der Waals surface area (Å²) >= 11 is 5.42. The average Bonchev–Trinajstić information content (AvgIpc) is 3.09.